The van der Waals surface area contributed by atoms with Gasteiger partial charge in [0.05, 0.1) is 6.20 Å². The van der Waals surface area contributed by atoms with Crippen molar-refractivity contribution in [2.45, 2.75) is 32.7 Å². The average molecular weight is 220 g/mol. The van der Waals surface area contributed by atoms with Crippen molar-refractivity contribution >= 4 is 5.82 Å². The zero-order chi connectivity index (χ0) is 11.4. The van der Waals surface area contributed by atoms with Crippen LogP contribution in [0, 0.1) is 6.92 Å². The minimum absolute atomic E-state index is 0.518. The third-order valence-corrected chi connectivity index (χ3v) is 3.10. The van der Waals surface area contributed by atoms with E-state index in [4.69, 9.17) is 0 Å². The highest BCUT2D eigenvalue weighted by molar-refractivity contribution is 5.36. The Labute approximate surface area is 97.1 Å². The van der Waals surface area contributed by atoms with Gasteiger partial charge in [-0.2, -0.15) is 5.10 Å². The van der Waals surface area contributed by atoms with Gasteiger partial charge in [0.15, 0.2) is 0 Å². The highest BCUT2D eigenvalue weighted by Gasteiger charge is 2.18. The van der Waals surface area contributed by atoms with Gasteiger partial charge >= 0.3 is 0 Å². The highest BCUT2D eigenvalue weighted by Crippen LogP contribution is 2.14. The van der Waals surface area contributed by atoms with E-state index in [2.05, 4.69) is 33.4 Å². The van der Waals surface area contributed by atoms with Gasteiger partial charge in [-0.05, 0) is 44.5 Å². The van der Waals surface area contributed by atoms with Gasteiger partial charge in [0.2, 0.25) is 0 Å². The minimum Gasteiger partial charge on any atom is -0.365 e. The maximum atomic E-state index is 4.10. The molecular formula is C12H20N4. The predicted octanol–water partition coefficient (Wildman–Crippen LogP) is 1.68. The van der Waals surface area contributed by atoms with Crippen LogP contribution >= 0.6 is 0 Å². The van der Waals surface area contributed by atoms with Crippen LogP contribution < -0.4 is 5.32 Å². The molecule has 2 heterocycles. The maximum absolute atomic E-state index is 4.10. The summed E-state index contributed by atoms with van der Waals surface area (Å²) in [5.74, 6) is 0.906. The molecule has 1 aromatic rings. The van der Waals surface area contributed by atoms with Gasteiger partial charge in [0.1, 0.15) is 5.82 Å². The number of nitrogens with zero attached hydrogens (tertiary/aromatic N) is 3. The smallest absolute Gasteiger partial charge is 0.149 e. The fourth-order valence-electron chi connectivity index (χ4n) is 2.20. The van der Waals surface area contributed by atoms with Crippen molar-refractivity contribution in [3.05, 3.63) is 17.8 Å². The van der Waals surface area contributed by atoms with Gasteiger partial charge in [0, 0.05) is 12.6 Å². The van der Waals surface area contributed by atoms with E-state index < -0.39 is 0 Å². The molecule has 1 aliphatic heterocycles. The van der Waals surface area contributed by atoms with Gasteiger partial charge in [-0.25, -0.2) is 0 Å². The molecule has 0 spiro atoms. The number of anilines is 1. The van der Waals surface area contributed by atoms with Crippen LogP contribution in [0.15, 0.2) is 12.3 Å². The number of hydrogen-bond acceptors (Lipinski definition) is 4. The van der Waals surface area contributed by atoms with E-state index in [9.17, 15) is 0 Å². The Kier molecular flexibility index (Phi) is 3.72. The molecule has 0 saturated carbocycles. The lowest BCUT2D eigenvalue weighted by Gasteiger charge is -2.32. The van der Waals surface area contributed by atoms with Crippen molar-refractivity contribution in [1.82, 2.24) is 15.1 Å². The summed E-state index contributed by atoms with van der Waals surface area (Å²) in [4.78, 5) is 2.48. The lowest BCUT2D eigenvalue weighted by Crippen LogP contribution is -2.42. The van der Waals surface area contributed by atoms with Crippen LogP contribution in [0.3, 0.4) is 0 Å². The summed E-state index contributed by atoms with van der Waals surface area (Å²) in [6.07, 6.45) is 4.28. The Morgan fingerprint density at radius 1 is 1.56 bits per heavy atom. The first-order chi connectivity index (χ1) is 7.78. The van der Waals surface area contributed by atoms with Crippen molar-refractivity contribution < 1.29 is 0 Å². The van der Waals surface area contributed by atoms with Crippen molar-refractivity contribution in [2.24, 2.45) is 0 Å². The van der Waals surface area contributed by atoms with E-state index in [0.717, 1.165) is 24.5 Å². The second-order valence-electron chi connectivity index (χ2n) is 4.49. The maximum Gasteiger partial charge on any atom is 0.149 e. The fourth-order valence-corrected chi connectivity index (χ4v) is 2.20. The molecule has 1 atom stereocenters. The van der Waals surface area contributed by atoms with Gasteiger partial charge in [-0.1, -0.05) is 6.92 Å². The molecule has 1 saturated heterocycles. The Morgan fingerprint density at radius 3 is 3.19 bits per heavy atom. The molecule has 4 nitrogen and oxygen atoms in total. The number of rotatable bonds is 3. The Balaban J connectivity index is 1.94. The first-order valence-corrected chi connectivity index (χ1v) is 6.06. The first kappa shape index (κ1) is 11.3. The molecule has 1 unspecified atom stereocenters. The minimum atomic E-state index is 0.518. The largest absolute Gasteiger partial charge is 0.365 e. The molecule has 1 fully saturated rings. The zero-order valence-corrected chi connectivity index (χ0v) is 10.1. The molecule has 0 aromatic carbocycles. The summed E-state index contributed by atoms with van der Waals surface area (Å²) >= 11 is 0. The molecule has 2 rings (SSSR count). The van der Waals surface area contributed by atoms with E-state index in [-0.39, 0.29) is 0 Å². The fraction of sp³-hybridized carbons (Fsp3) is 0.667. The summed E-state index contributed by atoms with van der Waals surface area (Å²) in [5.41, 5.74) is 1.15. The third kappa shape index (κ3) is 2.92. The Hall–Kier alpha value is -1.16. The molecular weight excluding hydrogens is 200 g/mol. The van der Waals surface area contributed by atoms with E-state index in [1.165, 1.54) is 19.4 Å². The van der Waals surface area contributed by atoms with Gasteiger partial charge in [0.25, 0.3) is 0 Å². The monoisotopic (exact) mass is 220 g/mol. The summed E-state index contributed by atoms with van der Waals surface area (Å²) in [7, 11) is 0. The number of piperidine rings is 1. The van der Waals surface area contributed by atoms with Crippen LogP contribution in [0.5, 0.6) is 0 Å². The number of likely N-dealkylation sites (N-methyl/N-ethyl adjacent to an activating group) is 1. The number of hydrogen-bond donors (Lipinski definition) is 1. The first-order valence-electron chi connectivity index (χ1n) is 6.06. The predicted molar refractivity (Wildman–Crippen MR) is 65.5 cm³/mol. The van der Waals surface area contributed by atoms with Gasteiger partial charge < -0.3 is 10.2 Å². The number of aromatic nitrogens is 2. The standard InChI is InChI=1S/C12H20N4/c1-3-16-6-4-5-11(9-16)14-12-7-10(2)8-13-15-12/h7-8,11H,3-6,9H2,1-2H3,(H,14,15). The van der Waals surface area contributed by atoms with Crippen LogP contribution in [0.4, 0.5) is 5.82 Å². The van der Waals surface area contributed by atoms with Crippen LogP contribution in [0.1, 0.15) is 25.3 Å². The molecule has 1 aromatic heterocycles. The average Bonchev–Trinajstić information content (AvgIpc) is 2.29. The van der Waals surface area contributed by atoms with Gasteiger partial charge in [-0.3, -0.25) is 0 Å². The van der Waals surface area contributed by atoms with E-state index in [1.54, 1.807) is 6.20 Å². The second kappa shape index (κ2) is 5.25. The summed E-state index contributed by atoms with van der Waals surface area (Å²) in [5, 5.41) is 11.5. The lowest BCUT2D eigenvalue weighted by molar-refractivity contribution is 0.226. The van der Waals surface area contributed by atoms with E-state index >= 15 is 0 Å². The number of aryl methyl sites for hydroxylation is 1. The highest BCUT2D eigenvalue weighted by atomic mass is 15.2. The molecule has 0 aliphatic carbocycles. The SMILES string of the molecule is CCN1CCCC(Nc2cc(C)cnn2)C1. The van der Waals surface area contributed by atoms with Crippen molar-refractivity contribution in [2.75, 3.05) is 25.0 Å². The summed E-state index contributed by atoms with van der Waals surface area (Å²) in [6.45, 7) is 7.74. The molecule has 16 heavy (non-hydrogen) atoms. The zero-order valence-electron chi connectivity index (χ0n) is 10.1. The third-order valence-electron chi connectivity index (χ3n) is 3.10. The summed E-state index contributed by atoms with van der Waals surface area (Å²) in [6, 6.07) is 2.57. The number of likely N-dealkylation sites (tertiary alicyclic amines) is 1. The van der Waals surface area contributed by atoms with Crippen molar-refractivity contribution in [3.63, 3.8) is 0 Å². The molecule has 1 N–H and O–H groups in total. The molecule has 88 valence electrons. The molecule has 0 amide bonds. The topological polar surface area (TPSA) is 41.0 Å². The molecule has 4 heteroatoms. The Bertz CT molecular complexity index is 340. The van der Waals surface area contributed by atoms with Crippen molar-refractivity contribution in [3.8, 4) is 0 Å². The second-order valence-corrected chi connectivity index (χ2v) is 4.49. The van der Waals surface area contributed by atoms with Crippen LogP contribution in [-0.4, -0.2) is 40.8 Å². The molecule has 1 aliphatic rings. The molecule has 0 bridgehead atoms. The lowest BCUT2D eigenvalue weighted by atomic mass is 10.1. The summed E-state index contributed by atoms with van der Waals surface area (Å²) < 4.78 is 0. The normalized spacial score (nSPS) is 22.0. The number of nitrogens with one attached hydrogen (secondary N) is 1. The Morgan fingerprint density at radius 2 is 2.44 bits per heavy atom. The van der Waals surface area contributed by atoms with Crippen LogP contribution in [-0.2, 0) is 0 Å². The quantitative estimate of drug-likeness (QED) is 0.841. The van der Waals surface area contributed by atoms with E-state index in [1.807, 2.05) is 6.92 Å². The van der Waals surface area contributed by atoms with Crippen molar-refractivity contribution in [1.29, 1.82) is 0 Å². The van der Waals surface area contributed by atoms with E-state index in [0.29, 0.717) is 6.04 Å². The van der Waals surface area contributed by atoms with Crippen LogP contribution in [0.25, 0.3) is 0 Å². The van der Waals surface area contributed by atoms with Crippen LogP contribution in [0.2, 0.25) is 0 Å². The van der Waals surface area contributed by atoms with Gasteiger partial charge in [-0.15, -0.1) is 5.10 Å². The molecule has 0 radical (unpaired) electrons.